The standard InChI is InChI=1S/C23H35NO7/c1-3-5-7-8-9-10-11-20(16-17-22(25)29-18-6-4-2)30-23(26)31-21-14-12-19(13-15-21)24(27)28/h12-15,20H,3-11,16-18H2,1-2H3/t20-/m0/s1. The molecule has 0 spiro atoms. The van der Waals surface area contributed by atoms with Gasteiger partial charge in [-0.05, 0) is 37.8 Å². The van der Waals surface area contributed by atoms with Gasteiger partial charge in [0.1, 0.15) is 11.9 Å². The van der Waals surface area contributed by atoms with Crippen LogP contribution in [0, 0.1) is 10.1 Å². The van der Waals surface area contributed by atoms with E-state index in [0.717, 1.165) is 32.1 Å². The first kappa shape index (κ1) is 26.4. The molecule has 174 valence electrons. The van der Waals surface area contributed by atoms with E-state index in [2.05, 4.69) is 6.92 Å². The van der Waals surface area contributed by atoms with Crippen LogP contribution in [-0.2, 0) is 14.3 Å². The Hall–Kier alpha value is -2.64. The number of nitrogens with zero attached hydrogens (tertiary/aromatic N) is 1. The van der Waals surface area contributed by atoms with Gasteiger partial charge in [-0.25, -0.2) is 4.79 Å². The summed E-state index contributed by atoms with van der Waals surface area (Å²) in [4.78, 5) is 34.2. The second kappa shape index (κ2) is 16.1. The van der Waals surface area contributed by atoms with Crippen molar-refractivity contribution in [2.75, 3.05) is 6.61 Å². The highest BCUT2D eigenvalue weighted by molar-refractivity contribution is 5.69. The molecule has 0 unspecified atom stereocenters. The molecule has 1 aromatic rings. The molecule has 8 nitrogen and oxygen atoms in total. The van der Waals surface area contributed by atoms with Crippen LogP contribution in [0.5, 0.6) is 5.75 Å². The average molecular weight is 438 g/mol. The molecule has 31 heavy (non-hydrogen) atoms. The number of hydrogen-bond donors (Lipinski definition) is 0. The Bertz CT molecular complexity index is 660. The van der Waals surface area contributed by atoms with Crippen LogP contribution < -0.4 is 4.74 Å². The van der Waals surface area contributed by atoms with Crippen molar-refractivity contribution < 1.29 is 28.7 Å². The van der Waals surface area contributed by atoms with Gasteiger partial charge in [0.05, 0.1) is 11.5 Å². The van der Waals surface area contributed by atoms with Gasteiger partial charge < -0.3 is 14.2 Å². The van der Waals surface area contributed by atoms with Gasteiger partial charge in [0.15, 0.2) is 0 Å². The first-order chi connectivity index (χ1) is 15.0. The molecule has 0 heterocycles. The Kier molecular flexibility index (Phi) is 13.7. The molecule has 0 aliphatic rings. The fourth-order valence-electron chi connectivity index (χ4n) is 2.99. The second-order valence-corrected chi connectivity index (χ2v) is 7.51. The van der Waals surface area contributed by atoms with Gasteiger partial charge >= 0.3 is 12.1 Å². The smallest absolute Gasteiger partial charge is 0.466 e. The SMILES string of the molecule is CCCCCCCC[C@@H](CCC(=O)OCCCC)OC(=O)Oc1ccc([N+](=O)[O-])cc1. The predicted octanol–water partition coefficient (Wildman–Crippen LogP) is 6.35. The molecular weight excluding hydrogens is 402 g/mol. The molecule has 1 aromatic carbocycles. The van der Waals surface area contributed by atoms with Crippen LogP contribution in [0.2, 0.25) is 0 Å². The summed E-state index contributed by atoms with van der Waals surface area (Å²) < 4.78 is 15.7. The van der Waals surface area contributed by atoms with Crippen LogP contribution in [0.25, 0.3) is 0 Å². The molecule has 0 aromatic heterocycles. The highest BCUT2D eigenvalue weighted by Crippen LogP contribution is 2.20. The van der Waals surface area contributed by atoms with E-state index in [1.54, 1.807) is 0 Å². The van der Waals surface area contributed by atoms with Gasteiger partial charge in [0, 0.05) is 18.6 Å². The van der Waals surface area contributed by atoms with E-state index in [4.69, 9.17) is 14.2 Å². The van der Waals surface area contributed by atoms with E-state index < -0.39 is 17.2 Å². The molecule has 1 atom stereocenters. The maximum absolute atomic E-state index is 12.2. The fraction of sp³-hybridized carbons (Fsp3) is 0.652. The summed E-state index contributed by atoms with van der Waals surface area (Å²) in [6.45, 7) is 4.59. The van der Waals surface area contributed by atoms with Crippen molar-refractivity contribution >= 4 is 17.8 Å². The second-order valence-electron chi connectivity index (χ2n) is 7.51. The quantitative estimate of drug-likeness (QED) is 0.0974. The zero-order valence-electron chi connectivity index (χ0n) is 18.7. The van der Waals surface area contributed by atoms with Crippen molar-refractivity contribution in [1.29, 1.82) is 0 Å². The van der Waals surface area contributed by atoms with Gasteiger partial charge in [-0.15, -0.1) is 0 Å². The molecule has 0 bridgehead atoms. The van der Waals surface area contributed by atoms with Crippen molar-refractivity contribution in [3.8, 4) is 5.75 Å². The van der Waals surface area contributed by atoms with E-state index in [0.29, 0.717) is 19.4 Å². The van der Waals surface area contributed by atoms with E-state index >= 15 is 0 Å². The molecule has 0 aliphatic heterocycles. The molecule has 0 aliphatic carbocycles. The fourth-order valence-corrected chi connectivity index (χ4v) is 2.99. The number of nitro groups is 1. The lowest BCUT2D eigenvalue weighted by atomic mass is 10.0. The van der Waals surface area contributed by atoms with Crippen LogP contribution in [-0.4, -0.2) is 29.8 Å². The van der Waals surface area contributed by atoms with Crippen LogP contribution in [0.1, 0.15) is 84.5 Å². The lowest BCUT2D eigenvalue weighted by Crippen LogP contribution is -2.22. The summed E-state index contributed by atoms with van der Waals surface area (Å²) in [6, 6.07) is 5.19. The van der Waals surface area contributed by atoms with Crippen LogP contribution in [0.15, 0.2) is 24.3 Å². The molecular formula is C23H35NO7. The minimum Gasteiger partial charge on any atom is -0.466 e. The first-order valence-corrected chi connectivity index (χ1v) is 11.2. The summed E-state index contributed by atoms with van der Waals surface area (Å²) in [5.74, 6) is -0.137. The highest BCUT2D eigenvalue weighted by atomic mass is 16.7. The molecule has 0 fully saturated rings. The number of nitro benzene ring substituents is 1. The maximum Gasteiger partial charge on any atom is 0.514 e. The predicted molar refractivity (Wildman–Crippen MR) is 117 cm³/mol. The van der Waals surface area contributed by atoms with Crippen molar-refractivity contribution in [2.24, 2.45) is 0 Å². The third-order valence-corrected chi connectivity index (χ3v) is 4.82. The van der Waals surface area contributed by atoms with Crippen molar-refractivity contribution in [3.63, 3.8) is 0 Å². The molecule has 0 saturated heterocycles. The number of esters is 1. The zero-order valence-corrected chi connectivity index (χ0v) is 18.7. The average Bonchev–Trinajstić information content (AvgIpc) is 2.74. The van der Waals surface area contributed by atoms with E-state index in [9.17, 15) is 19.7 Å². The monoisotopic (exact) mass is 437 g/mol. The Morgan fingerprint density at radius 2 is 1.58 bits per heavy atom. The number of carbonyl (C=O) groups is 2. The summed E-state index contributed by atoms with van der Waals surface area (Å²) in [5, 5.41) is 10.7. The molecule has 0 amide bonds. The number of non-ortho nitro benzene ring substituents is 1. The van der Waals surface area contributed by atoms with Crippen LogP contribution in [0.3, 0.4) is 0 Å². The van der Waals surface area contributed by atoms with Crippen molar-refractivity contribution in [3.05, 3.63) is 34.4 Å². The number of carbonyl (C=O) groups excluding carboxylic acids is 2. The number of benzene rings is 1. The minimum absolute atomic E-state index is 0.0942. The molecule has 0 saturated carbocycles. The maximum atomic E-state index is 12.2. The molecule has 0 N–H and O–H groups in total. The van der Waals surface area contributed by atoms with Crippen molar-refractivity contribution in [2.45, 2.75) is 90.6 Å². The third kappa shape index (κ3) is 12.6. The number of rotatable bonds is 16. The number of hydrogen-bond acceptors (Lipinski definition) is 7. The molecule has 8 heteroatoms. The van der Waals surface area contributed by atoms with Gasteiger partial charge in [-0.3, -0.25) is 14.9 Å². The lowest BCUT2D eigenvalue weighted by molar-refractivity contribution is -0.384. The van der Waals surface area contributed by atoms with Gasteiger partial charge in [-0.2, -0.15) is 0 Å². The summed E-state index contributed by atoms with van der Waals surface area (Å²) >= 11 is 0. The topological polar surface area (TPSA) is 105 Å². The minimum atomic E-state index is -0.885. The Morgan fingerprint density at radius 1 is 0.935 bits per heavy atom. The lowest BCUT2D eigenvalue weighted by Gasteiger charge is -2.17. The summed E-state index contributed by atoms with van der Waals surface area (Å²) in [7, 11) is 0. The largest absolute Gasteiger partial charge is 0.514 e. The van der Waals surface area contributed by atoms with E-state index in [1.165, 1.54) is 43.5 Å². The summed E-state index contributed by atoms with van der Waals surface area (Å²) in [5.41, 5.74) is -0.0942. The number of unbranched alkanes of at least 4 members (excludes halogenated alkanes) is 6. The Morgan fingerprint density at radius 3 is 2.23 bits per heavy atom. The van der Waals surface area contributed by atoms with Gasteiger partial charge in [-0.1, -0.05) is 52.4 Å². The Balaban J connectivity index is 2.52. The Labute approximate surface area is 184 Å². The van der Waals surface area contributed by atoms with E-state index in [-0.39, 0.29) is 23.8 Å². The van der Waals surface area contributed by atoms with Crippen molar-refractivity contribution in [1.82, 2.24) is 0 Å². The summed E-state index contributed by atoms with van der Waals surface area (Å²) in [6.07, 6.45) is 8.28. The zero-order chi connectivity index (χ0) is 22.9. The highest BCUT2D eigenvalue weighted by Gasteiger charge is 2.18. The van der Waals surface area contributed by atoms with Crippen LogP contribution in [0.4, 0.5) is 10.5 Å². The van der Waals surface area contributed by atoms with Gasteiger partial charge in [0.25, 0.3) is 5.69 Å². The van der Waals surface area contributed by atoms with E-state index in [1.807, 2.05) is 6.92 Å². The van der Waals surface area contributed by atoms with Gasteiger partial charge in [0.2, 0.25) is 0 Å². The first-order valence-electron chi connectivity index (χ1n) is 11.2. The normalized spacial score (nSPS) is 11.5. The van der Waals surface area contributed by atoms with Crippen LogP contribution >= 0.6 is 0 Å². The molecule has 1 rings (SSSR count). The number of ether oxygens (including phenoxy) is 3. The third-order valence-electron chi connectivity index (χ3n) is 4.82. The molecule has 0 radical (unpaired) electrons.